The summed E-state index contributed by atoms with van der Waals surface area (Å²) in [5.41, 5.74) is 0.343. The minimum atomic E-state index is -0.543. The lowest BCUT2D eigenvalue weighted by Crippen LogP contribution is -2.31. The first-order valence-corrected chi connectivity index (χ1v) is 5.31. The van der Waals surface area contributed by atoms with E-state index in [1.54, 1.807) is 19.1 Å². The highest BCUT2D eigenvalue weighted by Crippen LogP contribution is 2.20. The molecule has 0 saturated carbocycles. The molecular weight excluding hydrogens is 307 g/mol. The third-order valence-corrected chi connectivity index (χ3v) is 2.66. The lowest BCUT2D eigenvalue weighted by molar-refractivity contribution is 0.0947. The van der Waals surface area contributed by atoms with Crippen LogP contribution in [0.4, 0.5) is 0 Å². The molecule has 78 valence electrons. The maximum atomic E-state index is 11.5. The first-order chi connectivity index (χ1) is 7.04. The van der Waals surface area contributed by atoms with E-state index in [1.165, 1.54) is 6.07 Å². The molecule has 4 nitrogen and oxygen atoms in total. The van der Waals surface area contributed by atoms with Crippen molar-refractivity contribution in [2.45, 2.75) is 13.0 Å². The Kier molecular flexibility index (Phi) is 3.91. The summed E-state index contributed by atoms with van der Waals surface area (Å²) in [6.45, 7) is 1.59. The van der Waals surface area contributed by atoms with Gasteiger partial charge in [-0.25, -0.2) is 0 Å². The molecule has 1 amide bonds. The standard InChI is InChI=1S/C10H9IN2O2/c1-6(5-12)13-10(15)7-2-3-8(11)9(14)4-7/h2-4,6,14H,1H3,(H,13,15). The van der Waals surface area contributed by atoms with Crippen LogP contribution in [0.1, 0.15) is 17.3 Å². The summed E-state index contributed by atoms with van der Waals surface area (Å²) in [5, 5.41) is 20.4. The molecular formula is C10H9IN2O2. The highest BCUT2D eigenvalue weighted by Gasteiger charge is 2.10. The van der Waals surface area contributed by atoms with Gasteiger partial charge in [0.15, 0.2) is 0 Å². The topological polar surface area (TPSA) is 73.1 Å². The molecule has 0 saturated heterocycles. The van der Waals surface area contributed by atoms with Crippen LogP contribution in [0.5, 0.6) is 5.75 Å². The summed E-state index contributed by atoms with van der Waals surface area (Å²) in [5.74, 6) is -0.302. The molecule has 0 spiro atoms. The second kappa shape index (κ2) is 4.98. The molecule has 0 radical (unpaired) electrons. The molecule has 0 aliphatic heterocycles. The van der Waals surface area contributed by atoms with Crippen molar-refractivity contribution in [3.05, 3.63) is 27.3 Å². The van der Waals surface area contributed by atoms with Crippen LogP contribution in [-0.2, 0) is 0 Å². The Balaban J connectivity index is 2.84. The van der Waals surface area contributed by atoms with Crippen LogP contribution in [0, 0.1) is 14.9 Å². The number of carbonyl (C=O) groups is 1. The molecule has 15 heavy (non-hydrogen) atoms. The third-order valence-electron chi connectivity index (χ3n) is 1.75. The molecule has 1 aromatic carbocycles. The minimum absolute atomic E-state index is 0.0628. The second-order valence-corrected chi connectivity index (χ2v) is 4.15. The number of benzene rings is 1. The monoisotopic (exact) mass is 316 g/mol. The molecule has 0 bridgehead atoms. The van der Waals surface area contributed by atoms with Gasteiger partial charge in [0, 0.05) is 5.56 Å². The van der Waals surface area contributed by atoms with Gasteiger partial charge in [-0.1, -0.05) is 0 Å². The lowest BCUT2D eigenvalue weighted by Gasteiger charge is -2.06. The van der Waals surface area contributed by atoms with Gasteiger partial charge in [0.05, 0.1) is 9.64 Å². The van der Waals surface area contributed by atoms with Gasteiger partial charge in [0.1, 0.15) is 11.8 Å². The average Bonchev–Trinajstić information content (AvgIpc) is 2.21. The van der Waals surface area contributed by atoms with Gasteiger partial charge in [-0.15, -0.1) is 0 Å². The number of amides is 1. The van der Waals surface area contributed by atoms with Crippen molar-refractivity contribution < 1.29 is 9.90 Å². The van der Waals surface area contributed by atoms with E-state index in [4.69, 9.17) is 5.26 Å². The summed E-state index contributed by atoms with van der Waals surface area (Å²) in [6, 6.07) is 5.97. The second-order valence-electron chi connectivity index (χ2n) is 2.99. The normalized spacial score (nSPS) is 11.5. The van der Waals surface area contributed by atoms with Crippen LogP contribution in [0.25, 0.3) is 0 Å². The number of phenols is 1. The van der Waals surface area contributed by atoms with E-state index in [9.17, 15) is 9.90 Å². The van der Waals surface area contributed by atoms with E-state index in [1.807, 2.05) is 28.7 Å². The maximum absolute atomic E-state index is 11.5. The first-order valence-electron chi connectivity index (χ1n) is 4.23. The quantitative estimate of drug-likeness (QED) is 0.815. The maximum Gasteiger partial charge on any atom is 0.252 e. The van der Waals surface area contributed by atoms with Crippen molar-refractivity contribution in [1.29, 1.82) is 5.26 Å². The Labute approximate surface area is 101 Å². The van der Waals surface area contributed by atoms with E-state index < -0.39 is 6.04 Å². The molecule has 1 atom stereocenters. The number of nitrogens with zero attached hydrogens (tertiary/aromatic N) is 1. The van der Waals surface area contributed by atoms with Crippen molar-refractivity contribution in [2.24, 2.45) is 0 Å². The number of hydrogen-bond acceptors (Lipinski definition) is 3. The number of halogens is 1. The van der Waals surface area contributed by atoms with E-state index in [0.717, 1.165) is 0 Å². The number of hydrogen-bond donors (Lipinski definition) is 2. The number of nitrogens with one attached hydrogen (secondary N) is 1. The fraction of sp³-hybridized carbons (Fsp3) is 0.200. The molecule has 0 heterocycles. The minimum Gasteiger partial charge on any atom is -0.507 e. The summed E-state index contributed by atoms with van der Waals surface area (Å²) >= 11 is 1.96. The number of carbonyl (C=O) groups excluding carboxylic acids is 1. The third kappa shape index (κ3) is 3.09. The molecule has 0 aromatic heterocycles. The van der Waals surface area contributed by atoms with E-state index >= 15 is 0 Å². The zero-order valence-electron chi connectivity index (χ0n) is 7.99. The summed E-state index contributed by atoms with van der Waals surface area (Å²) < 4.78 is 0.678. The molecule has 5 heteroatoms. The van der Waals surface area contributed by atoms with E-state index in [2.05, 4.69) is 5.32 Å². The highest BCUT2D eigenvalue weighted by molar-refractivity contribution is 14.1. The summed E-state index contributed by atoms with van der Waals surface area (Å²) in [4.78, 5) is 11.5. The molecule has 1 aromatic rings. The van der Waals surface area contributed by atoms with Gasteiger partial charge in [0.25, 0.3) is 5.91 Å². The van der Waals surface area contributed by atoms with Crippen molar-refractivity contribution in [3.8, 4) is 11.8 Å². The summed E-state index contributed by atoms with van der Waals surface area (Å²) in [7, 11) is 0. The van der Waals surface area contributed by atoms with Gasteiger partial charge in [-0.05, 0) is 47.7 Å². The molecule has 0 aliphatic rings. The van der Waals surface area contributed by atoms with Gasteiger partial charge in [0.2, 0.25) is 0 Å². The van der Waals surface area contributed by atoms with Gasteiger partial charge in [-0.2, -0.15) is 5.26 Å². The Morgan fingerprint density at radius 1 is 1.67 bits per heavy atom. The van der Waals surface area contributed by atoms with Crippen molar-refractivity contribution >= 4 is 28.5 Å². The van der Waals surface area contributed by atoms with Crippen LogP contribution in [-0.4, -0.2) is 17.1 Å². The zero-order valence-corrected chi connectivity index (χ0v) is 10.1. The smallest absolute Gasteiger partial charge is 0.252 e. The number of rotatable bonds is 2. The Bertz CT molecular complexity index is 426. The Morgan fingerprint density at radius 3 is 2.87 bits per heavy atom. The average molecular weight is 316 g/mol. The Hall–Kier alpha value is -1.29. The fourth-order valence-corrected chi connectivity index (χ4v) is 1.30. The zero-order chi connectivity index (χ0) is 11.4. The van der Waals surface area contributed by atoms with Gasteiger partial charge >= 0.3 is 0 Å². The molecule has 1 rings (SSSR count). The van der Waals surface area contributed by atoms with E-state index in [-0.39, 0.29) is 11.7 Å². The number of phenolic OH excluding ortho intramolecular Hbond substituents is 1. The van der Waals surface area contributed by atoms with Gasteiger partial charge < -0.3 is 10.4 Å². The lowest BCUT2D eigenvalue weighted by atomic mass is 10.2. The largest absolute Gasteiger partial charge is 0.507 e. The van der Waals surface area contributed by atoms with Gasteiger partial charge in [-0.3, -0.25) is 4.79 Å². The summed E-state index contributed by atoms with van der Waals surface area (Å²) in [6.07, 6.45) is 0. The molecule has 0 fully saturated rings. The SMILES string of the molecule is CC(C#N)NC(=O)c1ccc(I)c(O)c1. The fourth-order valence-electron chi connectivity index (χ4n) is 0.966. The Morgan fingerprint density at radius 2 is 2.33 bits per heavy atom. The van der Waals surface area contributed by atoms with Crippen molar-refractivity contribution in [3.63, 3.8) is 0 Å². The van der Waals surface area contributed by atoms with E-state index in [0.29, 0.717) is 9.13 Å². The van der Waals surface area contributed by atoms with Crippen molar-refractivity contribution in [1.82, 2.24) is 5.32 Å². The predicted octanol–water partition coefficient (Wildman–Crippen LogP) is 1.64. The van der Waals surface area contributed by atoms with Crippen LogP contribution < -0.4 is 5.32 Å². The van der Waals surface area contributed by atoms with Crippen molar-refractivity contribution in [2.75, 3.05) is 0 Å². The van der Waals surface area contributed by atoms with Crippen LogP contribution in [0.3, 0.4) is 0 Å². The molecule has 1 unspecified atom stereocenters. The first kappa shape index (κ1) is 11.8. The predicted molar refractivity (Wildman–Crippen MR) is 63.4 cm³/mol. The number of aromatic hydroxyl groups is 1. The van der Waals surface area contributed by atoms with Crippen LogP contribution in [0.15, 0.2) is 18.2 Å². The molecule has 2 N–H and O–H groups in total. The highest BCUT2D eigenvalue weighted by atomic mass is 127. The molecule has 0 aliphatic carbocycles. The van der Waals surface area contributed by atoms with Crippen LogP contribution >= 0.6 is 22.6 Å². The number of nitriles is 1. The van der Waals surface area contributed by atoms with Crippen LogP contribution in [0.2, 0.25) is 0 Å².